The third-order valence-electron chi connectivity index (χ3n) is 5.00. The van der Waals surface area contributed by atoms with Crippen LogP contribution < -0.4 is 4.74 Å². The van der Waals surface area contributed by atoms with Gasteiger partial charge in [0.15, 0.2) is 0 Å². The molecule has 32 heavy (non-hydrogen) atoms. The summed E-state index contributed by atoms with van der Waals surface area (Å²) in [6.07, 6.45) is 2.92. The Kier molecular flexibility index (Phi) is 6.33. The molecule has 4 rings (SSSR count). The highest BCUT2D eigenvalue weighted by molar-refractivity contribution is 7.15. The number of nitrogens with zero attached hydrogens (tertiary/aromatic N) is 1. The van der Waals surface area contributed by atoms with E-state index in [-0.39, 0.29) is 12.4 Å². The summed E-state index contributed by atoms with van der Waals surface area (Å²) in [6, 6.07) is 16.2. The number of carbonyl (C=O) groups excluding carboxylic acids is 1. The Morgan fingerprint density at radius 3 is 2.66 bits per heavy atom. The first-order chi connectivity index (χ1) is 15.3. The van der Waals surface area contributed by atoms with Gasteiger partial charge in [0.25, 0.3) is 0 Å². The number of ether oxygens (including phenoxy) is 2. The highest BCUT2D eigenvalue weighted by atomic mass is 32.1. The predicted molar refractivity (Wildman–Crippen MR) is 129 cm³/mol. The van der Waals surface area contributed by atoms with Crippen LogP contribution in [-0.2, 0) is 22.4 Å². The average Bonchev–Trinajstić information content (AvgIpc) is 3.30. The predicted octanol–water partition coefficient (Wildman–Crippen LogP) is 6.11. The van der Waals surface area contributed by atoms with Gasteiger partial charge in [-0.2, -0.15) is 0 Å². The third-order valence-corrected chi connectivity index (χ3v) is 6.27. The van der Waals surface area contributed by atoms with E-state index in [2.05, 4.69) is 24.0 Å². The van der Waals surface area contributed by atoms with Crippen molar-refractivity contribution >= 4 is 28.2 Å². The first-order valence-corrected chi connectivity index (χ1v) is 11.6. The lowest BCUT2D eigenvalue weighted by Gasteiger charge is -2.19. The van der Waals surface area contributed by atoms with Crippen molar-refractivity contribution in [1.82, 2.24) is 9.97 Å². The zero-order chi connectivity index (χ0) is 22.7. The third kappa shape index (κ3) is 5.37. The summed E-state index contributed by atoms with van der Waals surface area (Å²) in [5, 5.41) is 2.05. The standard InChI is InChI=1S/C26H28N2O3S/c1-17-23(32-25(28-17)18-8-6-5-7-9-18)12-13-30-20-10-11-21-19(16-27-22(21)15-20)14-24(29)31-26(2,3)4/h5-11,15-16,27H,12-14H2,1-4H3. The van der Waals surface area contributed by atoms with Gasteiger partial charge in [0.2, 0.25) is 0 Å². The van der Waals surface area contributed by atoms with Gasteiger partial charge < -0.3 is 14.5 Å². The van der Waals surface area contributed by atoms with Crippen LogP contribution in [0.2, 0.25) is 0 Å². The molecule has 0 spiro atoms. The molecule has 5 nitrogen and oxygen atoms in total. The molecule has 0 saturated heterocycles. The molecule has 0 radical (unpaired) electrons. The summed E-state index contributed by atoms with van der Waals surface area (Å²) >= 11 is 1.72. The normalized spacial score (nSPS) is 11.6. The van der Waals surface area contributed by atoms with Gasteiger partial charge in [-0.1, -0.05) is 30.3 Å². The van der Waals surface area contributed by atoms with E-state index in [0.29, 0.717) is 6.61 Å². The van der Waals surface area contributed by atoms with Gasteiger partial charge in [0.05, 0.1) is 18.7 Å². The second kappa shape index (κ2) is 9.17. The number of esters is 1. The minimum absolute atomic E-state index is 0.228. The number of thiazole rings is 1. The smallest absolute Gasteiger partial charge is 0.310 e. The van der Waals surface area contributed by atoms with E-state index in [1.165, 1.54) is 4.88 Å². The van der Waals surface area contributed by atoms with E-state index in [1.807, 2.05) is 63.4 Å². The maximum atomic E-state index is 12.2. The van der Waals surface area contributed by atoms with E-state index in [0.717, 1.165) is 44.9 Å². The van der Waals surface area contributed by atoms with Gasteiger partial charge in [-0.3, -0.25) is 4.79 Å². The number of rotatable bonds is 7. The van der Waals surface area contributed by atoms with E-state index in [1.54, 1.807) is 11.3 Å². The molecule has 0 aliphatic heterocycles. The molecule has 2 heterocycles. The number of aromatic amines is 1. The zero-order valence-corrected chi connectivity index (χ0v) is 19.7. The van der Waals surface area contributed by atoms with E-state index < -0.39 is 5.60 Å². The van der Waals surface area contributed by atoms with Crippen molar-refractivity contribution in [3.63, 3.8) is 0 Å². The second-order valence-electron chi connectivity index (χ2n) is 8.78. The first kappa shape index (κ1) is 22.1. The number of carbonyl (C=O) groups is 1. The minimum Gasteiger partial charge on any atom is -0.493 e. The minimum atomic E-state index is -0.484. The second-order valence-corrected chi connectivity index (χ2v) is 9.86. The molecule has 2 aromatic heterocycles. The number of hydrogen-bond donors (Lipinski definition) is 1. The van der Waals surface area contributed by atoms with Gasteiger partial charge in [-0.15, -0.1) is 11.3 Å². The highest BCUT2D eigenvalue weighted by Crippen LogP contribution is 2.29. The van der Waals surface area contributed by atoms with Crippen molar-refractivity contribution in [3.8, 4) is 16.3 Å². The summed E-state index contributed by atoms with van der Waals surface area (Å²) in [5.74, 6) is 0.571. The Hall–Kier alpha value is -3.12. The lowest BCUT2D eigenvalue weighted by molar-refractivity contribution is -0.153. The number of hydrogen-bond acceptors (Lipinski definition) is 5. The topological polar surface area (TPSA) is 64.2 Å². The molecule has 0 fully saturated rings. The van der Waals surface area contributed by atoms with Crippen LogP contribution in [0.4, 0.5) is 0 Å². The summed E-state index contributed by atoms with van der Waals surface area (Å²) in [7, 11) is 0. The Morgan fingerprint density at radius 1 is 1.12 bits per heavy atom. The number of aromatic nitrogens is 2. The van der Waals surface area contributed by atoms with Crippen LogP contribution in [0.1, 0.15) is 36.9 Å². The zero-order valence-electron chi connectivity index (χ0n) is 18.9. The molecule has 0 aliphatic rings. The molecule has 0 aliphatic carbocycles. The molecule has 0 amide bonds. The van der Waals surface area contributed by atoms with Crippen LogP contribution in [0.5, 0.6) is 5.75 Å². The fourth-order valence-corrected chi connectivity index (χ4v) is 4.61. The van der Waals surface area contributed by atoms with Gasteiger partial charge in [0.1, 0.15) is 16.4 Å². The maximum absolute atomic E-state index is 12.2. The Balaban J connectivity index is 1.37. The van der Waals surface area contributed by atoms with Crippen LogP contribution in [-0.4, -0.2) is 28.1 Å². The van der Waals surface area contributed by atoms with Gasteiger partial charge in [-0.25, -0.2) is 4.98 Å². The number of fused-ring (bicyclic) bond motifs is 1. The fourth-order valence-electron chi connectivity index (χ4n) is 3.56. The number of aryl methyl sites for hydroxylation is 1. The molecule has 0 atom stereocenters. The molecule has 6 heteroatoms. The summed E-state index contributed by atoms with van der Waals surface area (Å²) in [5.41, 5.74) is 3.59. The van der Waals surface area contributed by atoms with E-state index >= 15 is 0 Å². The molecule has 0 saturated carbocycles. The molecule has 1 N–H and O–H groups in total. The van der Waals surface area contributed by atoms with Crippen molar-refractivity contribution < 1.29 is 14.3 Å². The van der Waals surface area contributed by atoms with Crippen molar-refractivity contribution in [3.05, 3.63) is 70.9 Å². The van der Waals surface area contributed by atoms with Crippen molar-refractivity contribution in [1.29, 1.82) is 0 Å². The molecule has 0 unspecified atom stereocenters. The fraction of sp³-hybridized carbons (Fsp3) is 0.308. The Morgan fingerprint density at radius 2 is 1.91 bits per heavy atom. The molecular weight excluding hydrogens is 420 g/mol. The molecule has 2 aromatic carbocycles. The number of nitrogens with one attached hydrogen (secondary N) is 1. The lowest BCUT2D eigenvalue weighted by Crippen LogP contribution is -2.24. The Bertz CT molecular complexity index is 1220. The summed E-state index contributed by atoms with van der Waals surface area (Å²) in [6.45, 7) is 8.25. The van der Waals surface area contributed by atoms with Crippen LogP contribution >= 0.6 is 11.3 Å². The van der Waals surface area contributed by atoms with E-state index in [4.69, 9.17) is 14.5 Å². The molecule has 166 valence electrons. The number of benzene rings is 2. The number of H-pyrrole nitrogens is 1. The highest BCUT2D eigenvalue weighted by Gasteiger charge is 2.18. The average molecular weight is 449 g/mol. The molecular formula is C26H28N2O3S. The molecule has 4 aromatic rings. The van der Waals surface area contributed by atoms with Crippen LogP contribution in [0.25, 0.3) is 21.5 Å². The summed E-state index contributed by atoms with van der Waals surface area (Å²) in [4.78, 5) is 21.4. The Labute approximate surface area is 192 Å². The lowest BCUT2D eigenvalue weighted by atomic mass is 10.1. The van der Waals surface area contributed by atoms with E-state index in [9.17, 15) is 4.79 Å². The van der Waals surface area contributed by atoms with Gasteiger partial charge in [0, 0.05) is 40.0 Å². The van der Waals surface area contributed by atoms with Gasteiger partial charge in [-0.05, 0) is 45.4 Å². The monoisotopic (exact) mass is 448 g/mol. The quantitative estimate of drug-likeness (QED) is 0.347. The van der Waals surface area contributed by atoms with Crippen molar-refractivity contribution in [2.24, 2.45) is 0 Å². The molecule has 0 bridgehead atoms. The van der Waals surface area contributed by atoms with Crippen molar-refractivity contribution in [2.45, 2.75) is 46.1 Å². The van der Waals surface area contributed by atoms with Gasteiger partial charge >= 0.3 is 5.97 Å². The van der Waals surface area contributed by atoms with Crippen LogP contribution in [0, 0.1) is 6.92 Å². The van der Waals surface area contributed by atoms with Crippen LogP contribution in [0.15, 0.2) is 54.7 Å². The maximum Gasteiger partial charge on any atom is 0.310 e. The summed E-state index contributed by atoms with van der Waals surface area (Å²) < 4.78 is 11.4. The van der Waals surface area contributed by atoms with Crippen molar-refractivity contribution in [2.75, 3.05) is 6.61 Å². The SMILES string of the molecule is Cc1nc(-c2ccccc2)sc1CCOc1ccc2c(CC(=O)OC(C)(C)C)c[nH]c2c1. The first-order valence-electron chi connectivity index (χ1n) is 10.7. The van der Waals surface area contributed by atoms with Crippen LogP contribution in [0.3, 0.4) is 0 Å². The largest absolute Gasteiger partial charge is 0.493 e.